The molecule has 0 aliphatic heterocycles. The van der Waals surface area contributed by atoms with Gasteiger partial charge in [0.15, 0.2) is 0 Å². The molecule has 0 bridgehead atoms. The molecule has 0 atom stereocenters. The number of halogens is 2. The molecule has 1 fully saturated rings. The molecule has 3 rings (SSSR count). The van der Waals surface area contributed by atoms with Crippen LogP contribution in [0.4, 0.5) is 5.69 Å². The highest BCUT2D eigenvalue weighted by Crippen LogP contribution is 2.38. The van der Waals surface area contributed by atoms with Gasteiger partial charge >= 0.3 is 0 Å². The molecule has 1 heterocycles. The van der Waals surface area contributed by atoms with Crippen LogP contribution in [0.2, 0.25) is 10.0 Å². The Bertz CT molecular complexity index is 634. The lowest BCUT2D eigenvalue weighted by atomic mass is 10.0. The number of aromatic nitrogens is 1. The second kappa shape index (κ2) is 5.79. The summed E-state index contributed by atoms with van der Waals surface area (Å²) < 4.78 is 0. The van der Waals surface area contributed by atoms with Crippen molar-refractivity contribution < 1.29 is 0 Å². The third-order valence-electron chi connectivity index (χ3n) is 3.99. The first-order chi connectivity index (χ1) is 9.69. The standard InChI is InChI=1S/C16H18Cl2N2/c1-2-19-15-9-14(10-5-3-4-6-10)20-16-12(15)7-11(17)8-13(16)18/h7-10H,2-6H2,1H3,(H,19,20). The lowest BCUT2D eigenvalue weighted by Crippen LogP contribution is -2.03. The van der Waals surface area contributed by atoms with Crippen molar-refractivity contribution in [1.29, 1.82) is 0 Å². The van der Waals surface area contributed by atoms with E-state index in [1.807, 2.05) is 6.07 Å². The fraction of sp³-hybridized carbons (Fsp3) is 0.438. The number of rotatable bonds is 3. The van der Waals surface area contributed by atoms with Crippen molar-refractivity contribution in [1.82, 2.24) is 4.98 Å². The maximum Gasteiger partial charge on any atom is 0.0913 e. The first-order valence-electron chi connectivity index (χ1n) is 7.22. The van der Waals surface area contributed by atoms with E-state index in [4.69, 9.17) is 28.2 Å². The van der Waals surface area contributed by atoms with Crippen LogP contribution in [0.15, 0.2) is 18.2 Å². The number of benzene rings is 1. The minimum absolute atomic E-state index is 0.573. The van der Waals surface area contributed by atoms with Crippen LogP contribution in [0.3, 0.4) is 0 Å². The number of hydrogen-bond donors (Lipinski definition) is 1. The molecule has 1 aromatic heterocycles. The molecule has 106 valence electrons. The number of pyridine rings is 1. The quantitative estimate of drug-likeness (QED) is 0.794. The molecule has 0 amide bonds. The van der Waals surface area contributed by atoms with Crippen LogP contribution in [0.25, 0.3) is 10.9 Å². The molecule has 1 aliphatic carbocycles. The number of nitrogens with zero attached hydrogens (tertiary/aromatic N) is 1. The molecule has 0 radical (unpaired) electrons. The van der Waals surface area contributed by atoms with E-state index in [1.54, 1.807) is 6.07 Å². The second-order valence-electron chi connectivity index (χ2n) is 5.39. The summed E-state index contributed by atoms with van der Waals surface area (Å²) in [6, 6.07) is 5.88. The molecule has 0 saturated heterocycles. The first kappa shape index (κ1) is 14.0. The van der Waals surface area contributed by atoms with Crippen molar-refractivity contribution in [2.24, 2.45) is 0 Å². The van der Waals surface area contributed by atoms with Gasteiger partial charge in [-0.1, -0.05) is 36.0 Å². The van der Waals surface area contributed by atoms with Crippen molar-refractivity contribution in [2.75, 3.05) is 11.9 Å². The highest BCUT2D eigenvalue weighted by Gasteiger charge is 2.20. The summed E-state index contributed by atoms with van der Waals surface area (Å²) in [6.45, 7) is 2.96. The number of fused-ring (bicyclic) bond motifs is 1. The average Bonchev–Trinajstić information content (AvgIpc) is 2.93. The third kappa shape index (κ3) is 2.59. The van der Waals surface area contributed by atoms with Crippen molar-refractivity contribution in [3.63, 3.8) is 0 Å². The average molecular weight is 309 g/mol. The summed E-state index contributed by atoms with van der Waals surface area (Å²) in [5.41, 5.74) is 3.11. The summed E-state index contributed by atoms with van der Waals surface area (Å²) >= 11 is 12.5. The lowest BCUT2D eigenvalue weighted by molar-refractivity contribution is 0.701. The van der Waals surface area contributed by atoms with Crippen LogP contribution in [0.5, 0.6) is 0 Å². The van der Waals surface area contributed by atoms with E-state index in [9.17, 15) is 0 Å². The Morgan fingerprint density at radius 2 is 1.95 bits per heavy atom. The van der Waals surface area contributed by atoms with Crippen molar-refractivity contribution in [2.45, 2.75) is 38.5 Å². The summed E-state index contributed by atoms with van der Waals surface area (Å²) in [5.74, 6) is 0.573. The molecule has 4 heteroatoms. The normalized spacial score (nSPS) is 15.9. The van der Waals surface area contributed by atoms with Crippen LogP contribution in [0.1, 0.15) is 44.2 Å². The third-order valence-corrected chi connectivity index (χ3v) is 4.50. The van der Waals surface area contributed by atoms with Crippen molar-refractivity contribution >= 4 is 39.8 Å². The molecule has 0 spiro atoms. The van der Waals surface area contributed by atoms with Crippen molar-refractivity contribution in [3.05, 3.63) is 33.9 Å². The second-order valence-corrected chi connectivity index (χ2v) is 6.23. The zero-order chi connectivity index (χ0) is 14.1. The Morgan fingerprint density at radius 3 is 2.65 bits per heavy atom. The SMILES string of the molecule is CCNc1cc(C2CCCC2)nc2c(Cl)cc(Cl)cc12. The number of anilines is 1. The van der Waals surface area contributed by atoms with Gasteiger partial charge in [0.1, 0.15) is 0 Å². The molecule has 2 aromatic rings. The van der Waals surface area contributed by atoms with Crippen LogP contribution >= 0.6 is 23.2 Å². The van der Waals surface area contributed by atoms with E-state index in [0.29, 0.717) is 16.0 Å². The van der Waals surface area contributed by atoms with Gasteiger partial charge in [0.25, 0.3) is 0 Å². The number of hydrogen-bond acceptors (Lipinski definition) is 2. The van der Waals surface area contributed by atoms with Gasteiger partial charge in [0, 0.05) is 34.3 Å². The number of nitrogens with one attached hydrogen (secondary N) is 1. The van der Waals surface area contributed by atoms with E-state index in [0.717, 1.165) is 28.8 Å². The minimum Gasteiger partial charge on any atom is -0.385 e. The van der Waals surface area contributed by atoms with Crippen molar-refractivity contribution in [3.8, 4) is 0 Å². The zero-order valence-corrected chi connectivity index (χ0v) is 13.1. The van der Waals surface area contributed by atoms with Gasteiger partial charge in [-0.05, 0) is 38.0 Å². The molecular weight excluding hydrogens is 291 g/mol. The Hall–Kier alpha value is -0.990. The highest BCUT2D eigenvalue weighted by atomic mass is 35.5. The lowest BCUT2D eigenvalue weighted by Gasteiger charge is -2.15. The zero-order valence-electron chi connectivity index (χ0n) is 11.5. The van der Waals surface area contributed by atoms with E-state index >= 15 is 0 Å². The van der Waals surface area contributed by atoms with Crippen LogP contribution in [0, 0.1) is 0 Å². The van der Waals surface area contributed by atoms with Gasteiger partial charge in [-0.2, -0.15) is 0 Å². The smallest absolute Gasteiger partial charge is 0.0913 e. The summed E-state index contributed by atoms with van der Waals surface area (Å²) in [4.78, 5) is 4.81. The van der Waals surface area contributed by atoms with E-state index in [1.165, 1.54) is 25.7 Å². The Morgan fingerprint density at radius 1 is 1.20 bits per heavy atom. The molecule has 1 aromatic carbocycles. The first-order valence-corrected chi connectivity index (χ1v) is 7.98. The maximum absolute atomic E-state index is 6.34. The molecule has 2 nitrogen and oxygen atoms in total. The maximum atomic E-state index is 6.34. The van der Waals surface area contributed by atoms with E-state index in [2.05, 4.69) is 18.3 Å². The fourth-order valence-corrected chi connectivity index (χ4v) is 3.58. The fourth-order valence-electron chi connectivity index (χ4n) is 3.04. The summed E-state index contributed by atoms with van der Waals surface area (Å²) in [7, 11) is 0. The van der Waals surface area contributed by atoms with Gasteiger partial charge in [0.05, 0.1) is 10.5 Å². The Labute approximate surface area is 129 Å². The van der Waals surface area contributed by atoms with Gasteiger partial charge in [-0.3, -0.25) is 4.98 Å². The monoisotopic (exact) mass is 308 g/mol. The van der Waals surface area contributed by atoms with Crippen LogP contribution < -0.4 is 5.32 Å². The molecule has 1 N–H and O–H groups in total. The van der Waals surface area contributed by atoms with Gasteiger partial charge in [-0.25, -0.2) is 0 Å². The van der Waals surface area contributed by atoms with Gasteiger partial charge in [-0.15, -0.1) is 0 Å². The van der Waals surface area contributed by atoms with Gasteiger partial charge < -0.3 is 5.32 Å². The van der Waals surface area contributed by atoms with Crippen LogP contribution in [-0.2, 0) is 0 Å². The summed E-state index contributed by atoms with van der Waals surface area (Å²) in [6.07, 6.45) is 5.06. The predicted molar refractivity (Wildman–Crippen MR) is 87.1 cm³/mol. The van der Waals surface area contributed by atoms with Gasteiger partial charge in [0.2, 0.25) is 0 Å². The molecule has 0 unspecified atom stereocenters. The Kier molecular flexibility index (Phi) is 4.04. The topological polar surface area (TPSA) is 24.9 Å². The Balaban J connectivity index is 2.19. The minimum atomic E-state index is 0.573. The van der Waals surface area contributed by atoms with E-state index in [-0.39, 0.29) is 0 Å². The molecular formula is C16H18Cl2N2. The van der Waals surface area contributed by atoms with E-state index < -0.39 is 0 Å². The largest absolute Gasteiger partial charge is 0.385 e. The predicted octanol–water partition coefficient (Wildman–Crippen LogP) is 5.63. The molecule has 20 heavy (non-hydrogen) atoms. The molecule has 1 saturated carbocycles. The highest BCUT2D eigenvalue weighted by molar-refractivity contribution is 6.38. The molecule has 1 aliphatic rings. The summed E-state index contributed by atoms with van der Waals surface area (Å²) in [5, 5.41) is 5.70. The van der Waals surface area contributed by atoms with Crippen LogP contribution in [-0.4, -0.2) is 11.5 Å².